The van der Waals surface area contributed by atoms with Crippen LogP contribution in [-0.4, -0.2) is 29.1 Å². The molecule has 1 aliphatic carbocycles. The highest BCUT2D eigenvalue weighted by Crippen LogP contribution is 2.39. The number of imidazole rings is 1. The molecule has 2 N–H and O–H groups in total. The average Bonchev–Trinajstić information content (AvgIpc) is 3.68. The monoisotopic (exact) mass is 485 g/mol. The molecule has 2 aromatic carbocycles. The van der Waals surface area contributed by atoms with Crippen LogP contribution in [0, 0.1) is 0 Å². The van der Waals surface area contributed by atoms with Crippen LogP contribution in [0.1, 0.15) is 31.2 Å². The number of hydrogen-bond acceptors (Lipinski definition) is 5. The van der Waals surface area contributed by atoms with Gasteiger partial charge in [0, 0.05) is 41.5 Å². The normalized spacial score (nSPS) is 15.1. The lowest BCUT2D eigenvalue weighted by Gasteiger charge is -2.24. The van der Waals surface area contributed by atoms with Crippen LogP contribution in [0.15, 0.2) is 85.5 Å². The topological polar surface area (TPSA) is 86.9 Å². The van der Waals surface area contributed by atoms with Crippen molar-refractivity contribution in [3.05, 3.63) is 91.0 Å². The Labute approximate surface area is 214 Å². The van der Waals surface area contributed by atoms with Gasteiger partial charge >= 0.3 is 0 Å². The fourth-order valence-electron chi connectivity index (χ4n) is 5.61. The number of nitrogens with zero attached hydrogens (tertiary/aromatic N) is 6. The molecule has 0 spiro atoms. The minimum Gasteiger partial charge on any atom is -0.340 e. The number of aromatic nitrogens is 6. The van der Waals surface area contributed by atoms with Crippen LogP contribution in [0.5, 0.6) is 0 Å². The molecule has 1 aliphatic rings. The van der Waals surface area contributed by atoms with Crippen LogP contribution in [0.2, 0.25) is 0 Å². The average molecular weight is 486 g/mol. The van der Waals surface area contributed by atoms with Crippen LogP contribution in [-0.2, 0) is 12.6 Å². The number of nitrogens with two attached hydrogens (primary N) is 1. The summed E-state index contributed by atoms with van der Waals surface area (Å²) in [7, 11) is 1.94. The van der Waals surface area contributed by atoms with E-state index in [1.165, 1.54) is 18.4 Å². The third kappa shape index (κ3) is 3.62. The molecule has 0 amide bonds. The molecule has 6 aromatic rings. The second kappa shape index (κ2) is 8.35. The van der Waals surface area contributed by atoms with E-state index in [9.17, 15) is 0 Å². The van der Waals surface area contributed by atoms with Gasteiger partial charge in [0.05, 0.1) is 17.5 Å². The number of benzene rings is 2. The molecule has 0 saturated heterocycles. The molecule has 0 bridgehead atoms. The Kier molecular flexibility index (Phi) is 4.94. The number of rotatable bonds is 4. The van der Waals surface area contributed by atoms with Gasteiger partial charge in [-0.3, -0.25) is 4.40 Å². The molecule has 7 heteroatoms. The number of fused-ring (bicyclic) bond motifs is 3. The Morgan fingerprint density at radius 1 is 0.892 bits per heavy atom. The van der Waals surface area contributed by atoms with Crippen molar-refractivity contribution in [2.24, 2.45) is 12.8 Å². The van der Waals surface area contributed by atoms with Crippen LogP contribution in [0.3, 0.4) is 0 Å². The van der Waals surface area contributed by atoms with Crippen LogP contribution in [0.25, 0.3) is 50.5 Å². The lowest BCUT2D eigenvalue weighted by atomic mass is 9.88. The number of pyridine rings is 2. The Balaban J connectivity index is 1.41. The minimum absolute atomic E-state index is 0.206. The largest absolute Gasteiger partial charge is 0.340 e. The Morgan fingerprint density at radius 3 is 2.41 bits per heavy atom. The molecular formula is C30H27N7. The van der Waals surface area contributed by atoms with E-state index in [1.54, 1.807) is 6.33 Å². The third-order valence-electron chi connectivity index (χ3n) is 7.62. The second-order valence-electron chi connectivity index (χ2n) is 10.1. The molecule has 0 aliphatic heterocycles. The van der Waals surface area contributed by atoms with Crippen molar-refractivity contribution in [2.45, 2.75) is 31.2 Å². The van der Waals surface area contributed by atoms with Gasteiger partial charge in [-0.1, -0.05) is 67.4 Å². The summed E-state index contributed by atoms with van der Waals surface area (Å²) < 4.78 is 3.89. The summed E-state index contributed by atoms with van der Waals surface area (Å²) in [6, 6.07) is 23.3. The van der Waals surface area contributed by atoms with Crippen molar-refractivity contribution in [3.63, 3.8) is 0 Å². The maximum Gasteiger partial charge on any atom is 0.188 e. The van der Waals surface area contributed by atoms with E-state index in [4.69, 9.17) is 10.7 Å². The molecule has 0 radical (unpaired) electrons. The van der Waals surface area contributed by atoms with Gasteiger partial charge in [-0.15, -0.1) is 10.2 Å². The molecular weight excluding hydrogens is 458 g/mol. The fourth-order valence-corrected chi connectivity index (χ4v) is 5.61. The first kappa shape index (κ1) is 21.9. The smallest absolute Gasteiger partial charge is 0.188 e. The van der Waals surface area contributed by atoms with E-state index in [0.29, 0.717) is 5.82 Å². The van der Waals surface area contributed by atoms with Crippen LogP contribution in [0.4, 0.5) is 0 Å². The maximum absolute atomic E-state index is 6.73. The Bertz CT molecular complexity index is 1740. The lowest BCUT2D eigenvalue weighted by Crippen LogP contribution is -2.32. The summed E-state index contributed by atoms with van der Waals surface area (Å²) in [5, 5.41) is 9.95. The molecule has 1 fully saturated rings. The molecule has 7 nitrogen and oxygen atoms in total. The molecule has 0 atom stereocenters. The van der Waals surface area contributed by atoms with Gasteiger partial charge < -0.3 is 10.3 Å². The van der Waals surface area contributed by atoms with Gasteiger partial charge in [0.25, 0.3) is 0 Å². The summed E-state index contributed by atoms with van der Waals surface area (Å²) in [4.78, 5) is 9.63. The molecule has 37 heavy (non-hydrogen) atoms. The van der Waals surface area contributed by atoms with E-state index < -0.39 is 0 Å². The van der Waals surface area contributed by atoms with Crippen molar-refractivity contribution < 1.29 is 0 Å². The number of hydrogen-bond donors (Lipinski definition) is 1. The van der Waals surface area contributed by atoms with Gasteiger partial charge in [-0.25, -0.2) is 9.97 Å². The third-order valence-corrected chi connectivity index (χ3v) is 7.62. The SMILES string of the molecule is Cn1cnc(-c2nnc3c4cc(-c5ccccc5)c(-c5ccc(C6(N)CCCC6)cc5)nc4ccn23)c1. The van der Waals surface area contributed by atoms with E-state index >= 15 is 0 Å². The van der Waals surface area contributed by atoms with Gasteiger partial charge in [0.1, 0.15) is 5.69 Å². The Hall–Kier alpha value is -4.36. The van der Waals surface area contributed by atoms with E-state index in [0.717, 1.165) is 57.5 Å². The summed E-state index contributed by atoms with van der Waals surface area (Å²) >= 11 is 0. The van der Waals surface area contributed by atoms with Crippen molar-refractivity contribution in [2.75, 3.05) is 0 Å². The van der Waals surface area contributed by atoms with Crippen LogP contribution < -0.4 is 5.73 Å². The van der Waals surface area contributed by atoms with E-state index in [1.807, 2.05) is 40.5 Å². The summed E-state index contributed by atoms with van der Waals surface area (Å²) in [6.07, 6.45) is 10.2. The minimum atomic E-state index is -0.206. The predicted octanol–water partition coefficient (Wildman–Crippen LogP) is 5.74. The van der Waals surface area contributed by atoms with Crippen molar-refractivity contribution in [3.8, 4) is 33.9 Å². The predicted molar refractivity (Wildman–Crippen MR) is 146 cm³/mol. The molecule has 4 aromatic heterocycles. The quantitative estimate of drug-likeness (QED) is 0.344. The van der Waals surface area contributed by atoms with Crippen molar-refractivity contribution in [1.82, 2.24) is 29.1 Å². The summed E-state index contributed by atoms with van der Waals surface area (Å²) in [6.45, 7) is 0. The molecule has 7 rings (SSSR count). The van der Waals surface area contributed by atoms with Gasteiger partial charge in [-0.05, 0) is 36.1 Å². The molecule has 4 heterocycles. The zero-order chi connectivity index (χ0) is 25.0. The fraction of sp³-hybridized carbons (Fsp3) is 0.200. The van der Waals surface area contributed by atoms with Gasteiger partial charge in [0.2, 0.25) is 0 Å². The zero-order valence-electron chi connectivity index (χ0n) is 20.7. The highest BCUT2D eigenvalue weighted by atomic mass is 15.3. The Morgan fingerprint density at radius 2 is 1.68 bits per heavy atom. The first-order valence-corrected chi connectivity index (χ1v) is 12.7. The molecule has 182 valence electrons. The second-order valence-corrected chi connectivity index (χ2v) is 10.1. The van der Waals surface area contributed by atoms with Gasteiger partial charge in [-0.2, -0.15) is 0 Å². The van der Waals surface area contributed by atoms with Crippen LogP contribution >= 0.6 is 0 Å². The molecule has 0 unspecified atom stereocenters. The van der Waals surface area contributed by atoms with Gasteiger partial charge in [0.15, 0.2) is 11.5 Å². The van der Waals surface area contributed by atoms with Crippen molar-refractivity contribution in [1.29, 1.82) is 0 Å². The van der Waals surface area contributed by atoms with E-state index in [-0.39, 0.29) is 5.54 Å². The lowest BCUT2D eigenvalue weighted by molar-refractivity contribution is 0.462. The first-order valence-electron chi connectivity index (χ1n) is 12.7. The first-order chi connectivity index (χ1) is 18.1. The zero-order valence-corrected chi connectivity index (χ0v) is 20.7. The highest BCUT2D eigenvalue weighted by Gasteiger charge is 2.31. The highest BCUT2D eigenvalue weighted by molar-refractivity contribution is 5.98. The standard InChI is InChI=1S/C30H27N7/c1-36-18-26(32-19-36)29-35-34-28-24-17-23(20-7-3-2-4-8-20)27(33-25(24)13-16-37(28)29)21-9-11-22(12-10-21)30(31)14-5-6-15-30/h2-4,7-13,16-19H,5-6,14-15,31H2,1H3. The van der Waals surface area contributed by atoms with E-state index in [2.05, 4.69) is 69.8 Å². The number of aryl methyl sites for hydroxylation is 1. The summed E-state index contributed by atoms with van der Waals surface area (Å²) in [5.41, 5.74) is 14.3. The summed E-state index contributed by atoms with van der Waals surface area (Å²) in [5.74, 6) is 0.709. The maximum atomic E-state index is 6.73. The van der Waals surface area contributed by atoms with Crippen molar-refractivity contribution >= 4 is 16.6 Å². The molecule has 1 saturated carbocycles.